The molecule has 3 nitrogen and oxygen atoms in total. The van der Waals surface area contributed by atoms with E-state index in [2.05, 4.69) is 6.92 Å². The Morgan fingerprint density at radius 1 is 1.24 bits per heavy atom. The highest BCUT2D eigenvalue weighted by Crippen LogP contribution is 2.22. The van der Waals surface area contributed by atoms with E-state index in [1.54, 1.807) is 4.90 Å². The number of carbonyl (C=O) groups excluding carboxylic acids is 2. The van der Waals surface area contributed by atoms with Crippen molar-refractivity contribution in [2.24, 2.45) is 5.92 Å². The Kier molecular flexibility index (Phi) is 5.54. The standard InChI is InChI=1S/C18H25NO2/c1-3-4-15-7-10-18(21)19(12-11-15)13-17(20)16-8-5-14(2)6-9-16/h5-6,8-9,15H,3-4,7,10-13H2,1-2H3. The Balaban J connectivity index is 1.96. The minimum Gasteiger partial charge on any atom is -0.335 e. The molecule has 21 heavy (non-hydrogen) atoms. The quantitative estimate of drug-likeness (QED) is 0.776. The van der Waals surface area contributed by atoms with Crippen molar-refractivity contribution >= 4 is 11.7 Å². The van der Waals surface area contributed by atoms with Crippen LogP contribution in [0.2, 0.25) is 0 Å². The molecule has 0 bridgehead atoms. The second kappa shape index (κ2) is 7.39. The summed E-state index contributed by atoms with van der Waals surface area (Å²) < 4.78 is 0. The monoisotopic (exact) mass is 287 g/mol. The second-order valence-corrected chi connectivity index (χ2v) is 6.09. The van der Waals surface area contributed by atoms with Gasteiger partial charge in [-0.15, -0.1) is 0 Å². The lowest BCUT2D eigenvalue weighted by Crippen LogP contribution is -2.35. The summed E-state index contributed by atoms with van der Waals surface area (Å²) in [5.74, 6) is 0.810. The Bertz CT molecular complexity index is 492. The summed E-state index contributed by atoms with van der Waals surface area (Å²) in [5, 5.41) is 0. The zero-order valence-electron chi connectivity index (χ0n) is 13.1. The molecule has 1 saturated heterocycles. The number of nitrogens with zero attached hydrogens (tertiary/aromatic N) is 1. The van der Waals surface area contributed by atoms with Crippen LogP contribution in [0.1, 0.15) is 54.9 Å². The molecule has 1 atom stereocenters. The van der Waals surface area contributed by atoms with E-state index in [1.807, 2.05) is 31.2 Å². The maximum Gasteiger partial charge on any atom is 0.222 e. The van der Waals surface area contributed by atoms with E-state index in [0.29, 0.717) is 17.9 Å². The zero-order valence-corrected chi connectivity index (χ0v) is 13.1. The van der Waals surface area contributed by atoms with E-state index >= 15 is 0 Å². The van der Waals surface area contributed by atoms with Crippen LogP contribution in [0.4, 0.5) is 0 Å². The van der Waals surface area contributed by atoms with Crippen molar-refractivity contribution in [1.29, 1.82) is 0 Å². The summed E-state index contributed by atoms with van der Waals surface area (Å²) in [6.45, 7) is 5.13. The number of hydrogen-bond acceptors (Lipinski definition) is 2. The van der Waals surface area contributed by atoms with Gasteiger partial charge in [0.15, 0.2) is 5.78 Å². The molecule has 0 radical (unpaired) electrons. The van der Waals surface area contributed by atoms with Gasteiger partial charge >= 0.3 is 0 Å². The average molecular weight is 287 g/mol. The third-order valence-electron chi connectivity index (χ3n) is 4.33. The van der Waals surface area contributed by atoms with Gasteiger partial charge in [-0.3, -0.25) is 9.59 Å². The molecule has 1 aromatic rings. The number of likely N-dealkylation sites (tertiary alicyclic amines) is 1. The third kappa shape index (κ3) is 4.42. The van der Waals surface area contributed by atoms with Crippen LogP contribution in [0, 0.1) is 12.8 Å². The van der Waals surface area contributed by atoms with Crippen LogP contribution in [-0.4, -0.2) is 29.7 Å². The lowest BCUT2D eigenvalue weighted by molar-refractivity contribution is -0.130. The SMILES string of the molecule is CCCC1CCC(=O)N(CC(=O)c2ccc(C)cc2)CC1. The van der Waals surface area contributed by atoms with E-state index in [9.17, 15) is 9.59 Å². The lowest BCUT2D eigenvalue weighted by Gasteiger charge is -2.20. The molecule has 1 aliphatic heterocycles. The predicted octanol–water partition coefficient (Wildman–Crippen LogP) is 3.61. The van der Waals surface area contributed by atoms with E-state index < -0.39 is 0 Å². The van der Waals surface area contributed by atoms with Crippen LogP contribution in [0.15, 0.2) is 24.3 Å². The molecule has 3 heteroatoms. The Morgan fingerprint density at radius 3 is 2.62 bits per heavy atom. The third-order valence-corrected chi connectivity index (χ3v) is 4.33. The normalized spacial score (nSPS) is 19.4. The average Bonchev–Trinajstić information content (AvgIpc) is 2.64. The number of carbonyl (C=O) groups is 2. The molecule has 0 aromatic heterocycles. The Labute approximate surface area is 127 Å². The number of hydrogen-bond donors (Lipinski definition) is 0. The van der Waals surface area contributed by atoms with Gasteiger partial charge in [0, 0.05) is 18.5 Å². The van der Waals surface area contributed by atoms with Crippen LogP contribution >= 0.6 is 0 Å². The molecule has 114 valence electrons. The molecule has 1 aromatic carbocycles. The highest BCUT2D eigenvalue weighted by atomic mass is 16.2. The molecular formula is C18H25NO2. The molecule has 0 N–H and O–H groups in total. The predicted molar refractivity (Wildman–Crippen MR) is 84.3 cm³/mol. The lowest BCUT2D eigenvalue weighted by atomic mass is 9.96. The molecule has 1 unspecified atom stereocenters. The first-order valence-electron chi connectivity index (χ1n) is 7.97. The number of aryl methyl sites for hydroxylation is 1. The molecule has 1 aliphatic rings. The fourth-order valence-corrected chi connectivity index (χ4v) is 2.96. The van der Waals surface area contributed by atoms with Gasteiger partial charge in [0.1, 0.15) is 0 Å². The number of ketones is 1. The zero-order chi connectivity index (χ0) is 15.2. The molecule has 1 amide bonds. The number of rotatable bonds is 5. The second-order valence-electron chi connectivity index (χ2n) is 6.09. The first-order chi connectivity index (χ1) is 10.1. The van der Waals surface area contributed by atoms with Gasteiger partial charge in [0.05, 0.1) is 6.54 Å². The summed E-state index contributed by atoms with van der Waals surface area (Å²) in [4.78, 5) is 26.2. The van der Waals surface area contributed by atoms with Crippen molar-refractivity contribution in [3.63, 3.8) is 0 Å². The van der Waals surface area contributed by atoms with Crippen LogP contribution in [0.3, 0.4) is 0 Å². The molecule has 2 rings (SSSR count). The van der Waals surface area contributed by atoms with Gasteiger partial charge in [-0.1, -0.05) is 49.6 Å². The molecule has 0 saturated carbocycles. The van der Waals surface area contributed by atoms with Crippen LogP contribution in [0.25, 0.3) is 0 Å². The fourth-order valence-electron chi connectivity index (χ4n) is 2.96. The van der Waals surface area contributed by atoms with E-state index in [4.69, 9.17) is 0 Å². The number of benzene rings is 1. The van der Waals surface area contributed by atoms with Crippen molar-refractivity contribution in [3.8, 4) is 0 Å². The molecule has 1 heterocycles. The van der Waals surface area contributed by atoms with Crippen LogP contribution < -0.4 is 0 Å². The highest BCUT2D eigenvalue weighted by molar-refractivity contribution is 5.99. The minimum atomic E-state index is 0.0392. The molecular weight excluding hydrogens is 262 g/mol. The van der Waals surface area contributed by atoms with Crippen LogP contribution in [0.5, 0.6) is 0 Å². The topological polar surface area (TPSA) is 37.4 Å². The van der Waals surface area contributed by atoms with Crippen molar-refractivity contribution in [2.75, 3.05) is 13.1 Å². The summed E-state index contributed by atoms with van der Waals surface area (Å²) >= 11 is 0. The number of amides is 1. The largest absolute Gasteiger partial charge is 0.335 e. The van der Waals surface area contributed by atoms with E-state index in [0.717, 1.165) is 24.9 Å². The van der Waals surface area contributed by atoms with Gasteiger partial charge < -0.3 is 4.90 Å². The van der Waals surface area contributed by atoms with Gasteiger partial charge in [-0.2, -0.15) is 0 Å². The fraction of sp³-hybridized carbons (Fsp3) is 0.556. The summed E-state index contributed by atoms with van der Waals surface area (Å²) in [7, 11) is 0. The summed E-state index contributed by atoms with van der Waals surface area (Å²) in [6, 6.07) is 7.57. The maximum absolute atomic E-state index is 12.3. The Hall–Kier alpha value is -1.64. The van der Waals surface area contributed by atoms with Crippen molar-refractivity contribution in [3.05, 3.63) is 35.4 Å². The van der Waals surface area contributed by atoms with Crippen molar-refractivity contribution in [2.45, 2.75) is 46.0 Å². The molecule has 0 aliphatic carbocycles. The molecule has 0 spiro atoms. The highest BCUT2D eigenvalue weighted by Gasteiger charge is 2.23. The summed E-state index contributed by atoms with van der Waals surface area (Å²) in [6.07, 6.45) is 4.95. The maximum atomic E-state index is 12.3. The summed E-state index contributed by atoms with van der Waals surface area (Å²) in [5.41, 5.74) is 1.84. The molecule has 1 fully saturated rings. The Morgan fingerprint density at radius 2 is 1.95 bits per heavy atom. The minimum absolute atomic E-state index is 0.0392. The van der Waals surface area contributed by atoms with Crippen molar-refractivity contribution in [1.82, 2.24) is 4.90 Å². The van der Waals surface area contributed by atoms with Gasteiger partial charge in [-0.25, -0.2) is 0 Å². The van der Waals surface area contributed by atoms with E-state index in [-0.39, 0.29) is 18.2 Å². The first kappa shape index (κ1) is 15.7. The first-order valence-corrected chi connectivity index (χ1v) is 7.97. The van der Waals surface area contributed by atoms with Gasteiger partial charge in [-0.05, 0) is 25.7 Å². The number of Topliss-reactive ketones (excluding diaryl/α,β-unsaturated/α-hetero) is 1. The van der Waals surface area contributed by atoms with Crippen LogP contribution in [-0.2, 0) is 4.79 Å². The van der Waals surface area contributed by atoms with Crippen molar-refractivity contribution < 1.29 is 9.59 Å². The van der Waals surface area contributed by atoms with E-state index in [1.165, 1.54) is 12.8 Å². The van der Waals surface area contributed by atoms with Gasteiger partial charge in [0.25, 0.3) is 0 Å². The smallest absolute Gasteiger partial charge is 0.222 e. The van der Waals surface area contributed by atoms with Gasteiger partial charge in [0.2, 0.25) is 5.91 Å².